The second-order valence-corrected chi connectivity index (χ2v) is 4.44. The molecular weight excluding hydrogens is 242 g/mol. The fourth-order valence-corrected chi connectivity index (χ4v) is 1.86. The Morgan fingerprint density at radius 2 is 2.11 bits per heavy atom. The monoisotopic (exact) mass is 261 g/mol. The molecular formula is C14H19N3O2. The summed E-state index contributed by atoms with van der Waals surface area (Å²) in [6.07, 6.45) is 3.24. The van der Waals surface area contributed by atoms with Crippen LogP contribution in [0, 0.1) is 0 Å². The summed E-state index contributed by atoms with van der Waals surface area (Å²) in [5.74, 6) is 0.791. The molecule has 0 aliphatic carbocycles. The second kappa shape index (κ2) is 6.36. The first kappa shape index (κ1) is 13.6. The van der Waals surface area contributed by atoms with Crippen molar-refractivity contribution in [3.63, 3.8) is 0 Å². The molecule has 0 saturated carbocycles. The Hall–Kier alpha value is -1.85. The summed E-state index contributed by atoms with van der Waals surface area (Å²) in [5.41, 5.74) is 1.98. The first-order valence-corrected chi connectivity index (χ1v) is 6.19. The van der Waals surface area contributed by atoms with E-state index in [-0.39, 0.29) is 0 Å². The van der Waals surface area contributed by atoms with E-state index < -0.39 is 6.10 Å². The van der Waals surface area contributed by atoms with Crippen LogP contribution in [0.2, 0.25) is 0 Å². The topological polar surface area (TPSA) is 59.3 Å². The van der Waals surface area contributed by atoms with E-state index in [0.29, 0.717) is 13.1 Å². The maximum Gasteiger partial charge on any atom is 0.118 e. The molecule has 2 rings (SSSR count). The van der Waals surface area contributed by atoms with Gasteiger partial charge in [-0.1, -0.05) is 12.1 Å². The number of rotatable bonds is 6. The van der Waals surface area contributed by atoms with Crippen LogP contribution in [0.5, 0.6) is 5.75 Å². The van der Waals surface area contributed by atoms with E-state index >= 15 is 0 Å². The first-order chi connectivity index (χ1) is 9.19. The molecule has 0 fully saturated rings. The minimum absolute atomic E-state index is 0.501. The molecule has 1 aromatic heterocycles. The fourth-order valence-electron chi connectivity index (χ4n) is 1.86. The molecule has 5 nitrogen and oxygen atoms in total. The standard InChI is InChI=1S/C14H19N3O2/c1-17-10-11(8-16-17)7-15-9-14(18)12-3-5-13(19-2)6-4-12/h3-6,8,10,14-15,18H,7,9H2,1-2H3. The lowest BCUT2D eigenvalue weighted by Crippen LogP contribution is -2.20. The summed E-state index contributed by atoms with van der Waals surface area (Å²) in [4.78, 5) is 0. The van der Waals surface area contributed by atoms with E-state index in [0.717, 1.165) is 16.9 Å². The number of benzene rings is 1. The van der Waals surface area contributed by atoms with Gasteiger partial charge in [0.1, 0.15) is 5.75 Å². The molecule has 0 bridgehead atoms. The molecule has 5 heteroatoms. The normalized spacial score (nSPS) is 12.4. The van der Waals surface area contributed by atoms with E-state index in [1.54, 1.807) is 11.8 Å². The summed E-state index contributed by atoms with van der Waals surface area (Å²) >= 11 is 0. The number of aryl methyl sites for hydroxylation is 1. The Bertz CT molecular complexity index is 508. The first-order valence-electron chi connectivity index (χ1n) is 6.19. The Morgan fingerprint density at radius 1 is 1.37 bits per heavy atom. The average Bonchev–Trinajstić information content (AvgIpc) is 2.84. The number of nitrogens with zero attached hydrogens (tertiary/aromatic N) is 2. The van der Waals surface area contributed by atoms with E-state index in [1.807, 2.05) is 43.7 Å². The van der Waals surface area contributed by atoms with Crippen molar-refractivity contribution in [2.75, 3.05) is 13.7 Å². The number of aromatic nitrogens is 2. The van der Waals surface area contributed by atoms with Crippen molar-refractivity contribution in [1.29, 1.82) is 0 Å². The van der Waals surface area contributed by atoms with Crippen LogP contribution in [0.15, 0.2) is 36.7 Å². The molecule has 1 heterocycles. The van der Waals surface area contributed by atoms with Crippen molar-refractivity contribution in [2.45, 2.75) is 12.6 Å². The number of hydrogen-bond donors (Lipinski definition) is 2. The Morgan fingerprint density at radius 3 is 2.68 bits per heavy atom. The van der Waals surface area contributed by atoms with Crippen LogP contribution in [0.4, 0.5) is 0 Å². The quantitative estimate of drug-likeness (QED) is 0.821. The molecule has 0 aliphatic heterocycles. The third kappa shape index (κ3) is 3.81. The van der Waals surface area contributed by atoms with Gasteiger partial charge in [0.15, 0.2) is 0 Å². The van der Waals surface area contributed by atoms with Gasteiger partial charge < -0.3 is 15.2 Å². The second-order valence-electron chi connectivity index (χ2n) is 4.44. The highest BCUT2D eigenvalue weighted by molar-refractivity contribution is 5.28. The predicted molar refractivity (Wildman–Crippen MR) is 72.9 cm³/mol. The van der Waals surface area contributed by atoms with Crippen LogP contribution in [-0.2, 0) is 13.6 Å². The maximum absolute atomic E-state index is 10.0. The molecule has 2 N–H and O–H groups in total. The average molecular weight is 261 g/mol. The van der Waals surface area contributed by atoms with Crippen LogP contribution >= 0.6 is 0 Å². The van der Waals surface area contributed by atoms with Crippen molar-refractivity contribution in [3.05, 3.63) is 47.8 Å². The zero-order valence-electron chi connectivity index (χ0n) is 11.2. The van der Waals surface area contributed by atoms with Gasteiger partial charge in [0, 0.05) is 31.9 Å². The van der Waals surface area contributed by atoms with Crippen LogP contribution < -0.4 is 10.1 Å². The van der Waals surface area contributed by atoms with Crippen LogP contribution in [0.3, 0.4) is 0 Å². The SMILES string of the molecule is COc1ccc(C(O)CNCc2cnn(C)c2)cc1. The zero-order chi connectivity index (χ0) is 13.7. The summed E-state index contributed by atoms with van der Waals surface area (Å²) in [7, 11) is 3.51. The molecule has 0 amide bonds. The third-order valence-electron chi connectivity index (χ3n) is 2.93. The molecule has 1 unspecified atom stereocenters. The van der Waals surface area contributed by atoms with E-state index in [4.69, 9.17) is 4.74 Å². The Kier molecular flexibility index (Phi) is 4.54. The van der Waals surface area contributed by atoms with Crippen molar-refractivity contribution in [2.24, 2.45) is 7.05 Å². The van der Waals surface area contributed by atoms with Gasteiger partial charge in [0.05, 0.1) is 19.4 Å². The van der Waals surface area contributed by atoms with Gasteiger partial charge in [0.25, 0.3) is 0 Å². The lowest BCUT2D eigenvalue weighted by atomic mass is 10.1. The maximum atomic E-state index is 10.0. The van der Waals surface area contributed by atoms with E-state index in [1.165, 1.54) is 0 Å². The smallest absolute Gasteiger partial charge is 0.118 e. The lowest BCUT2D eigenvalue weighted by Gasteiger charge is -2.12. The van der Waals surface area contributed by atoms with Gasteiger partial charge in [-0.15, -0.1) is 0 Å². The molecule has 0 aliphatic rings. The van der Waals surface area contributed by atoms with Crippen LogP contribution in [0.25, 0.3) is 0 Å². The van der Waals surface area contributed by atoms with Gasteiger partial charge >= 0.3 is 0 Å². The number of ether oxygens (including phenoxy) is 1. The zero-order valence-corrected chi connectivity index (χ0v) is 11.2. The van der Waals surface area contributed by atoms with Gasteiger partial charge in [-0.2, -0.15) is 5.10 Å². The molecule has 0 radical (unpaired) electrons. The fraction of sp³-hybridized carbons (Fsp3) is 0.357. The largest absolute Gasteiger partial charge is 0.497 e. The molecule has 19 heavy (non-hydrogen) atoms. The highest BCUT2D eigenvalue weighted by atomic mass is 16.5. The number of hydrogen-bond acceptors (Lipinski definition) is 4. The molecule has 0 saturated heterocycles. The summed E-state index contributed by atoms with van der Waals surface area (Å²) < 4.78 is 6.84. The van der Waals surface area contributed by atoms with Crippen molar-refractivity contribution in [1.82, 2.24) is 15.1 Å². The number of aliphatic hydroxyl groups is 1. The predicted octanol–water partition coefficient (Wildman–Crippen LogP) is 1.25. The van der Waals surface area contributed by atoms with Crippen LogP contribution in [-0.4, -0.2) is 28.5 Å². The van der Waals surface area contributed by atoms with E-state index in [2.05, 4.69) is 10.4 Å². The Labute approximate surface area is 112 Å². The molecule has 102 valence electrons. The van der Waals surface area contributed by atoms with Gasteiger partial charge in [-0.05, 0) is 17.7 Å². The number of nitrogens with one attached hydrogen (secondary N) is 1. The number of methoxy groups -OCH3 is 1. The molecule has 1 aromatic carbocycles. The van der Waals surface area contributed by atoms with Gasteiger partial charge in [-0.25, -0.2) is 0 Å². The highest BCUT2D eigenvalue weighted by Gasteiger charge is 2.07. The van der Waals surface area contributed by atoms with Crippen molar-refractivity contribution in [3.8, 4) is 5.75 Å². The lowest BCUT2D eigenvalue weighted by molar-refractivity contribution is 0.174. The summed E-state index contributed by atoms with van der Waals surface area (Å²) in [6, 6.07) is 7.43. The number of aliphatic hydroxyl groups excluding tert-OH is 1. The van der Waals surface area contributed by atoms with Crippen molar-refractivity contribution < 1.29 is 9.84 Å². The molecule has 0 spiro atoms. The Balaban J connectivity index is 1.81. The minimum atomic E-state index is -0.525. The van der Waals surface area contributed by atoms with Gasteiger partial charge in [-0.3, -0.25) is 4.68 Å². The third-order valence-corrected chi connectivity index (χ3v) is 2.93. The van der Waals surface area contributed by atoms with Crippen LogP contribution in [0.1, 0.15) is 17.2 Å². The van der Waals surface area contributed by atoms with Crippen molar-refractivity contribution >= 4 is 0 Å². The van der Waals surface area contributed by atoms with E-state index in [9.17, 15) is 5.11 Å². The minimum Gasteiger partial charge on any atom is -0.497 e. The summed E-state index contributed by atoms with van der Waals surface area (Å²) in [5, 5.41) is 17.3. The molecule has 2 aromatic rings. The van der Waals surface area contributed by atoms with Gasteiger partial charge in [0.2, 0.25) is 0 Å². The summed E-state index contributed by atoms with van der Waals surface area (Å²) in [6.45, 7) is 1.20. The highest BCUT2D eigenvalue weighted by Crippen LogP contribution is 2.17. The molecule has 1 atom stereocenters.